The van der Waals surface area contributed by atoms with Gasteiger partial charge in [0.25, 0.3) is 0 Å². The van der Waals surface area contributed by atoms with Crippen molar-refractivity contribution < 1.29 is 23.0 Å². The maximum absolute atomic E-state index is 13.7. The van der Waals surface area contributed by atoms with E-state index in [-0.39, 0.29) is 27.6 Å². The summed E-state index contributed by atoms with van der Waals surface area (Å²) in [6.07, 6.45) is 0. The van der Waals surface area contributed by atoms with Crippen molar-refractivity contribution in [3.63, 3.8) is 0 Å². The Labute approximate surface area is 125 Å². The first-order chi connectivity index (χ1) is 9.99. The van der Waals surface area contributed by atoms with Crippen LogP contribution in [0.3, 0.4) is 0 Å². The highest BCUT2D eigenvalue weighted by atomic mass is 35.5. The fourth-order valence-electron chi connectivity index (χ4n) is 1.88. The third-order valence-corrected chi connectivity index (χ3v) is 3.17. The molecule has 0 unspecified atom stereocenters. The first-order valence-corrected chi connectivity index (χ1v) is 6.27. The highest BCUT2D eigenvalue weighted by molar-refractivity contribution is 6.33. The standard InChI is InChI=1S/C15H11ClF2O3/c1-20-12-7-8(6-10(16)15(12)21-2)14(19)9-4-3-5-11(17)13(9)18/h3-7H,1-2H3. The van der Waals surface area contributed by atoms with Crippen molar-refractivity contribution in [2.45, 2.75) is 0 Å². The molecule has 0 aliphatic rings. The highest BCUT2D eigenvalue weighted by Gasteiger charge is 2.20. The number of hydrogen-bond acceptors (Lipinski definition) is 3. The molecule has 2 rings (SSSR count). The van der Waals surface area contributed by atoms with Crippen molar-refractivity contribution in [1.82, 2.24) is 0 Å². The Bertz CT molecular complexity index is 702. The average Bonchev–Trinajstić information content (AvgIpc) is 2.48. The number of ether oxygens (including phenoxy) is 2. The van der Waals surface area contributed by atoms with E-state index >= 15 is 0 Å². The molecule has 2 aromatic rings. The number of carbonyl (C=O) groups excluding carboxylic acids is 1. The second-order valence-electron chi connectivity index (χ2n) is 4.12. The summed E-state index contributed by atoms with van der Waals surface area (Å²) in [5, 5.41) is 0.136. The van der Waals surface area contributed by atoms with Crippen LogP contribution in [0, 0.1) is 11.6 Å². The zero-order valence-corrected chi connectivity index (χ0v) is 12.0. The Morgan fingerprint density at radius 2 is 1.86 bits per heavy atom. The molecule has 21 heavy (non-hydrogen) atoms. The van der Waals surface area contributed by atoms with E-state index in [0.717, 1.165) is 6.07 Å². The lowest BCUT2D eigenvalue weighted by Gasteiger charge is -2.11. The summed E-state index contributed by atoms with van der Waals surface area (Å²) < 4.78 is 37.0. The molecular weight excluding hydrogens is 302 g/mol. The van der Waals surface area contributed by atoms with Crippen LogP contribution in [0.25, 0.3) is 0 Å². The van der Waals surface area contributed by atoms with E-state index in [1.54, 1.807) is 0 Å². The first kappa shape index (κ1) is 15.3. The van der Waals surface area contributed by atoms with Gasteiger partial charge in [0, 0.05) is 5.56 Å². The second kappa shape index (κ2) is 6.10. The second-order valence-corrected chi connectivity index (χ2v) is 4.53. The summed E-state index contributed by atoms with van der Waals surface area (Å²) in [6, 6.07) is 6.07. The topological polar surface area (TPSA) is 35.5 Å². The largest absolute Gasteiger partial charge is 0.493 e. The molecule has 0 amide bonds. The van der Waals surface area contributed by atoms with Crippen molar-refractivity contribution in [2.75, 3.05) is 14.2 Å². The van der Waals surface area contributed by atoms with E-state index in [4.69, 9.17) is 21.1 Å². The molecule has 2 aromatic carbocycles. The zero-order chi connectivity index (χ0) is 15.6. The van der Waals surface area contributed by atoms with Crippen LogP contribution in [-0.2, 0) is 0 Å². The van der Waals surface area contributed by atoms with Crippen LogP contribution >= 0.6 is 11.6 Å². The van der Waals surface area contributed by atoms with E-state index < -0.39 is 17.4 Å². The van der Waals surface area contributed by atoms with Crippen LogP contribution < -0.4 is 9.47 Å². The smallest absolute Gasteiger partial charge is 0.196 e. The van der Waals surface area contributed by atoms with Crippen LogP contribution in [0.4, 0.5) is 8.78 Å². The molecule has 0 aliphatic carbocycles. The zero-order valence-electron chi connectivity index (χ0n) is 11.2. The lowest BCUT2D eigenvalue weighted by atomic mass is 10.0. The number of benzene rings is 2. The Hall–Kier alpha value is -2.14. The Balaban J connectivity index is 2.54. The number of methoxy groups -OCH3 is 2. The van der Waals surface area contributed by atoms with Crippen molar-refractivity contribution >= 4 is 17.4 Å². The Morgan fingerprint density at radius 1 is 1.14 bits per heavy atom. The summed E-state index contributed by atoms with van der Waals surface area (Å²) in [5.74, 6) is -2.50. The summed E-state index contributed by atoms with van der Waals surface area (Å²) in [7, 11) is 2.78. The van der Waals surface area contributed by atoms with Gasteiger partial charge in [-0.25, -0.2) is 8.78 Å². The van der Waals surface area contributed by atoms with Crippen LogP contribution in [-0.4, -0.2) is 20.0 Å². The number of halogens is 3. The van der Waals surface area contributed by atoms with Crippen LogP contribution in [0.2, 0.25) is 5.02 Å². The molecule has 3 nitrogen and oxygen atoms in total. The van der Waals surface area contributed by atoms with E-state index in [2.05, 4.69) is 0 Å². The lowest BCUT2D eigenvalue weighted by Crippen LogP contribution is -2.06. The Morgan fingerprint density at radius 3 is 2.48 bits per heavy atom. The first-order valence-electron chi connectivity index (χ1n) is 5.89. The number of hydrogen-bond donors (Lipinski definition) is 0. The number of ketones is 1. The van der Waals surface area contributed by atoms with Gasteiger partial charge in [0.05, 0.1) is 24.8 Å². The third kappa shape index (κ3) is 2.83. The van der Waals surface area contributed by atoms with Crippen molar-refractivity contribution in [3.8, 4) is 11.5 Å². The number of carbonyl (C=O) groups is 1. The van der Waals surface area contributed by atoms with Gasteiger partial charge in [-0.05, 0) is 24.3 Å². The molecule has 0 saturated heterocycles. The molecule has 0 saturated carbocycles. The fourth-order valence-corrected chi connectivity index (χ4v) is 2.17. The monoisotopic (exact) mass is 312 g/mol. The highest BCUT2D eigenvalue weighted by Crippen LogP contribution is 2.36. The Kier molecular flexibility index (Phi) is 4.43. The summed E-state index contributed by atoms with van der Waals surface area (Å²) in [6.45, 7) is 0. The van der Waals surface area contributed by atoms with Crippen LogP contribution in [0.15, 0.2) is 30.3 Å². The summed E-state index contributed by atoms with van der Waals surface area (Å²) in [4.78, 5) is 12.3. The molecule has 0 aliphatic heterocycles. The van der Waals surface area contributed by atoms with Gasteiger partial charge in [0.15, 0.2) is 28.9 Å². The van der Waals surface area contributed by atoms with Crippen LogP contribution in [0.5, 0.6) is 11.5 Å². The predicted octanol–water partition coefficient (Wildman–Crippen LogP) is 3.87. The predicted molar refractivity (Wildman–Crippen MR) is 74.3 cm³/mol. The fraction of sp³-hybridized carbons (Fsp3) is 0.133. The molecule has 0 radical (unpaired) electrons. The molecule has 110 valence electrons. The minimum atomic E-state index is -1.20. The third-order valence-electron chi connectivity index (χ3n) is 2.89. The van der Waals surface area contributed by atoms with Gasteiger partial charge < -0.3 is 9.47 Å². The average molecular weight is 313 g/mol. The van der Waals surface area contributed by atoms with Gasteiger partial charge in [-0.1, -0.05) is 17.7 Å². The van der Waals surface area contributed by atoms with Gasteiger partial charge in [-0.2, -0.15) is 0 Å². The van der Waals surface area contributed by atoms with Gasteiger partial charge in [-0.3, -0.25) is 4.79 Å². The van der Waals surface area contributed by atoms with Gasteiger partial charge in [0.1, 0.15) is 0 Å². The molecule has 0 N–H and O–H groups in total. The molecule has 0 heterocycles. The van der Waals surface area contributed by atoms with Gasteiger partial charge in [0.2, 0.25) is 0 Å². The van der Waals surface area contributed by atoms with Crippen molar-refractivity contribution in [1.29, 1.82) is 0 Å². The molecule has 6 heteroatoms. The van der Waals surface area contributed by atoms with E-state index in [1.165, 1.54) is 38.5 Å². The van der Waals surface area contributed by atoms with E-state index in [0.29, 0.717) is 0 Å². The molecule has 0 bridgehead atoms. The summed E-state index contributed by atoms with van der Waals surface area (Å²) >= 11 is 5.99. The minimum Gasteiger partial charge on any atom is -0.493 e. The van der Waals surface area contributed by atoms with E-state index in [1.807, 2.05) is 0 Å². The minimum absolute atomic E-state index is 0.0714. The quantitative estimate of drug-likeness (QED) is 0.804. The molecule has 0 fully saturated rings. The molecule has 0 spiro atoms. The summed E-state index contributed by atoms with van der Waals surface area (Å²) in [5.41, 5.74) is -0.305. The van der Waals surface area contributed by atoms with Crippen molar-refractivity contribution in [3.05, 3.63) is 58.1 Å². The van der Waals surface area contributed by atoms with Gasteiger partial charge in [-0.15, -0.1) is 0 Å². The van der Waals surface area contributed by atoms with Crippen molar-refractivity contribution in [2.24, 2.45) is 0 Å². The van der Waals surface area contributed by atoms with E-state index in [9.17, 15) is 13.6 Å². The number of rotatable bonds is 4. The molecule has 0 aromatic heterocycles. The van der Waals surface area contributed by atoms with Crippen LogP contribution in [0.1, 0.15) is 15.9 Å². The molecular formula is C15H11ClF2O3. The normalized spacial score (nSPS) is 10.3. The molecule has 0 atom stereocenters. The maximum Gasteiger partial charge on any atom is 0.196 e. The van der Waals surface area contributed by atoms with Gasteiger partial charge >= 0.3 is 0 Å². The SMILES string of the molecule is COc1cc(C(=O)c2cccc(F)c2F)cc(Cl)c1OC. The lowest BCUT2D eigenvalue weighted by molar-refractivity contribution is 0.103. The maximum atomic E-state index is 13.7.